The molecule has 60 heavy (non-hydrogen) atoms. The molecule has 4 aromatic carbocycles. The number of nitrogens with zero attached hydrogens (tertiary/aromatic N) is 7. The fraction of sp³-hybridized carbons (Fsp3) is 0.190. The highest BCUT2D eigenvalue weighted by atomic mass is 79.9. The number of nitrogens with two attached hydrogens (primary N) is 1. The standard InChI is InChI=1S/2C21H20BrN5O2S/c1-28-15-7-8-16(29-2)17(11-15)30-21-25-18-19(23)24-12-27(20(18)26-21)10-9-13-3-5-14(22)6-4-13;1-28-15-7-8-16(29-2)17(11-15)30-21-26-18-19(23)24-12-25-20(18)27(21)10-9-13-3-5-14(22)6-4-13/h3-8,11-12,23H,9-10H2,1-2H3,(H,25,26);3-8,11-12H,9-10H2,1-2H3,(H2,23,24,25). The van der Waals surface area contributed by atoms with Gasteiger partial charge in [0.2, 0.25) is 0 Å². The predicted molar refractivity (Wildman–Crippen MR) is 240 cm³/mol. The van der Waals surface area contributed by atoms with Gasteiger partial charge in [0.25, 0.3) is 0 Å². The molecule has 0 saturated carbocycles. The van der Waals surface area contributed by atoms with Gasteiger partial charge in [0.1, 0.15) is 34.8 Å². The average molecular weight is 973 g/mol. The van der Waals surface area contributed by atoms with E-state index in [1.807, 2.05) is 65.2 Å². The van der Waals surface area contributed by atoms with Crippen LogP contribution in [-0.4, -0.2) is 67.5 Å². The molecule has 18 heteroatoms. The second-order valence-electron chi connectivity index (χ2n) is 13.0. The van der Waals surface area contributed by atoms with Gasteiger partial charge < -0.3 is 38.8 Å². The first-order chi connectivity index (χ1) is 29.2. The third-order valence-corrected chi connectivity index (χ3v) is 12.3. The molecule has 8 aromatic rings. The molecule has 0 aliphatic rings. The number of benzene rings is 4. The molecule has 4 aromatic heterocycles. The first-order valence-corrected chi connectivity index (χ1v) is 21.6. The summed E-state index contributed by atoms with van der Waals surface area (Å²) in [5.41, 5.74) is 11.3. The zero-order chi connectivity index (χ0) is 42.2. The van der Waals surface area contributed by atoms with Crippen molar-refractivity contribution in [1.29, 1.82) is 5.41 Å². The van der Waals surface area contributed by atoms with Crippen LogP contribution in [0.15, 0.2) is 127 Å². The number of aromatic amines is 1. The van der Waals surface area contributed by atoms with E-state index in [0.29, 0.717) is 46.4 Å². The minimum atomic E-state index is 0.168. The molecule has 0 amide bonds. The van der Waals surface area contributed by atoms with E-state index in [0.717, 1.165) is 59.7 Å². The lowest BCUT2D eigenvalue weighted by Gasteiger charge is -2.12. The number of halogens is 2. The maximum absolute atomic E-state index is 8.16. The van der Waals surface area contributed by atoms with Crippen molar-refractivity contribution in [3.63, 3.8) is 0 Å². The highest BCUT2D eigenvalue weighted by Gasteiger charge is 2.19. The lowest BCUT2D eigenvalue weighted by Crippen LogP contribution is -2.13. The topological polar surface area (TPSA) is 177 Å². The number of imidazole rings is 2. The first kappa shape index (κ1) is 42.6. The number of nitrogens with one attached hydrogen (secondary N) is 2. The summed E-state index contributed by atoms with van der Waals surface area (Å²) in [6.45, 7) is 1.41. The summed E-state index contributed by atoms with van der Waals surface area (Å²) in [7, 11) is 6.54. The number of H-pyrrole nitrogens is 1. The third kappa shape index (κ3) is 10.1. The van der Waals surface area contributed by atoms with Gasteiger partial charge in [0.15, 0.2) is 38.4 Å². The first-order valence-electron chi connectivity index (χ1n) is 18.4. The van der Waals surface area contributed by atoms with Crippen LogP contribution in [0.2, 0.25) is 0 Å². The molecule has 0 aliphatic heterocycles. The van der Waals surface area contributed by atoms with Crippen LogP contribution in [0.1, 0.15) is 11.1 Å². The number of ether oxygens (including phenoxy) is 4. The van der Waals surface area contributed by atoms with Crippen LogP contribution in [-0.2, 0) is 25.9 Å². The van der Waals surface area contributed by atoms with Crippen molar-refractivity contribution in [2.24, 2.45) is 0 Å². The molecule has 14 nitrogen and oxygen atoms in total. The maximum atomic E-state index is 8.16. The molecule has 4 N–H and O–H groups in total. The smallest absolute Gasteiger partial charge is 0.175 e. The van der Waals surface area contributed by atoms with Crippen molar-refractivity contribution in [2.75, 3.05) is 34.2 Å². The van der Waals surface area contributed by atoms with Crippen LogP contribution in [0, 0.1) is 5.41 Å². The molecule has 0 unspecified atom stereocenters. The Morgan fingerprint density at radius 1 is 0.683 bits per heavy atom. The Hall–Kier alpha value is -5.56. The fourth-order valence-electron chi connectivity index (χ4n) is 6.11. The van der Waals surface area contributed by atoms with Crippen molar-refractivity contribution in [2.45, 2.75) is 46.0 Å². The summed E-state index contributed by atoms with van der Waals surface area (Å²) >= 11 is 9.85. The molecule has 0 aliphatic carbocycles. The lowest BCUT2D eigenvalue weighted by molar-refractivity contribution is 0.394. The van der Waals surface area contributed by atoms with Gasteiger partial charge >= 0.3 is 0 Å². The summed E-state index contributed by atoms with van der Waals surface area (Å²) in [4.78, 5) is 27.2. The van der Waals surface area contributed by atoms with Crippen LogP contribution < -0.4 is 30.2 Å². The van der Waals surface area contributed by atoms with Crippen molar-refractivity contribution < 1.29 is 18.9 Å². The minimum absolute atomic E-state index is 0.168. The van der Waals surface area contributed by atoms with Crippen molar-refractivity contribution in [1.82, 2.24) is 39.0 Å². The lowest BCUT2D eigenvalue weighted by atomic mass is 10.1. The molecule has 8 rings (SSSR count). The van der Waals surface area contributed by atoms with Gasteiger partial charge in [-0.05, 0) is 108 Å². The summed E-state index contributed by atoms with van der Waals surface area (Å²) in [6.07, 6.45) is 4.80. The second kappa shape index (κ2) is 19.7. The molecule has 0 bridgehead atoms. The van der Waals surface area contributed by atoms with Gasteiger partial charge in [-0.25, -0.2) is 24.9 Å². The van der Waals surface area contributed by atoms with E-state index in [9.17, 15) is 0 Å². The Morgan fingerprint density at radius 3 is 1.85 bits per heavy atom. The van der Waals surface area contributed by atoms with Crippen LogP contribution >= 0.6 is 55.4 Å². The van der Waals surface area contributed by atoms with Gasteiger partial charge in [0, 0.05) is 22.0 Å². The van der Waals surface area contributed by atoms with Crippen LogP contribution in [0.25, 0.3) is 22.3 Å². The van der Waals surface area contributed by atoms with Crippen LogP contribution in [0.4, 0.5) is 5.82 Å². The van der Waals surface area contributed by atoms with Crippen LogP contribution in [0.5, 0.6) is 23.0 Å². The summed E-state index contributed by atoms with van der Waals surface area (Å²) in [5.74, 6) is 3.32. The number of fused-ring (bicyclic) bond motifs is 2. The molecule has 0 atom stereocenters. The number of anilines is 1. The van der Waals surface area contributed by atoms with Crippen LogP contribution in [0.3, 0.4) is 0 Å². The maximum Gasteiger partial charge on any atom is 0.175 e. The Kier molecular flexibility index (Phi) is 14.0. The fourth-order valence-corrected chi connectivity index (χ4v) is 8.61. The van der Waals surface area contributed by atoms with Crippen molar-refractivity contribution in [3.05, 3.63) is 123 Å². The number of rotatable bonds is 14. The zero-order valence-corrected chi connectivity index (χ0v) is 37.8. The zero-order valence-electron chi connectivity index (χ0n) is 33.0. The largest absolute Gasteiger partial charge is 0.497 e. The molecule has 0 saturated heterocycles. The van der Waals surface area contributed by atoms with Gasteiger partial charge in [0.05, 0.1) is 44.6 Å². The third-order valence-electron chi connectivity index (χ3n) is 9.26. The number of methoxy groups -OCH3 is 4. The Morgan fingerprint density at radius 2 is 1.27 bits per heavy atom. The van der Waals surface area contributed by atoms with Crippen molar-refractivity contribution in [3.8, 4) is 23.0 Å². The van der Waals surface area contributed by atoms with Gasteiger partial charge in [-0.15, -0.1) is 0 Å². The second-order valence-corrected chi connectivity index (χ2v) is 16.9. The van der Waals surface area contributed by atoms with Gasteiger partial charge in [-0.3, -0.25) is 5.41 Å². The number of nitrogen functional groups attached to an aromatic ring is 1. The number of hydrogen-bond donors (Lipinski definition) is 3. The summed E-state index contributed by atoms with van der Waals surface area (Å²) < 4.78 is 27.8. The molecule has 308 valence electrons. The molecule has 4 heterocycles. The van der Waals surface area contributed by atoms with E-state index in [4.69, 9.17) is 40.1 Å². The van der Waals surface area contributed by atoms with E-state index in [1.165, 1.54) is 41.0 Å². The Balaban J connectivity index is 0.000000181. The normalized spacial score (nSPS) is 11.0. The highest BCUT2D eigenvalue weighted by molar-refractivity contribution is 9.10. The molecular weight excluding hydrogens is 932 g/mol. The molecular formula is C42H40Br2N10O4S2. The quantitative estimate of drug-likeness (QED) is 0.0944. The summed E-state index contributed by atoms with van der Waals surface area (Å²) in [6, 6.07) is 27.8. The Bertz CT molecular complexity index is 2800. The molecule has 0 spiro atoms. The van der Waals surface area contributed by atoms with E-state index in [-0.39, 0.29) is 5.49 Å². The molecule has 0 fully saturated rings. The number of aromatic nitrogens is 8. The Labute approximate surface area is 371 Å². The van der Waals surface area contributed by atoms with E-state index in [2.05, 4.69) is 80.6 Å². The summed E-state index contributed by atoms with van der Waals surface area (Å²) in [5, 5.41) is 9.59. The van der Waals surface area contributed by atoms with E-state index < -0.39 is 0 Å². The van der Waals surface area contributed by atoms with E-state index in [1.54, 1.807) is 34.8 Å². The SMILES string of the molecule is COc1ccc(OC)c(Sc2nc3c(N)ncnc3n2CCc2ccc(Br)cc2)c1.COc1ccc(OC)c(Sc2nc3c([nH]2)c(=N)ncn3CCc2ccc(Br)cc2)c1. The average Bonchev–Trinajstić information content (AvgIpc) is 3.86. The van der Waals surface area contributed by atoms with Gasteiger partial charge in [-0.1, -0.05) is 56.1 Å². The number of hydrogen-bond acceptors (Lipinski definition) is 13. The van der Waals surface area contributed by atoms with Gasteiger partial charge in [-0.2, -0.15) is 0 Å². The monoisotopic (exact) mass is 970 g/mol. The minimum Gasteiger partial charge on any atom is -0.497 e. The van der Waals surface area contributed by atoms with E-state index >= 15 is 0 Å². The predicted octanol–water partition coefficient (Wildman–Crippen LogP) is 8.99. The molecule has 0 radical (unpaired) electrons. The number of aryl methyl sites for hydroxylation is 4. The van der Waals surface area contributed by atoms with Crippen molar-refractivity contribution >= 4 is 83.5 Å². The highest BCUT2D eigenvalue weighted by Crippen LogP contribution is 2.39.